The summed E-state index contributed by atoms with van der Waals surface area (Å²) >= 11 is 6.20. The second kappa shape index (κ2) is 6.12. The third-order valence-corrected chi connectivity index (χ3v) is 4.21. The summed E-state index contributed by atoms with van der Waals surface area (Å²) in [5.74, 6) is 1.15. The fourth-order valence-corrected chi connectivity index (χ4v) is 3.22. The molecule has 0 saturated carbocycles. The van der Waals surface area contributed by atoms with Crippen LogP contribution in [0.2, 0.25) is 5.02 Å². The Morgan fingerprint density at radius 1 is 1.48 bits per heavy atom. The van der Waals surface area contributed by atoms with Crippen molar-refractivity contribution in [3.8, 4) is 11.5 Å². The van der Waals surface area contributed by atoms with E-state index in [1.54, 1.807) is 0 Å². The molecule has 21 heavy (non-hydrogen) atoms. The van der Waals surface area contributed by atoms with Crippen LogP contribution in [0, 0.1) is 5.92 Å². The molecule has 1 aromatic rings. The van der Waals surface area contributed by atoms with Crippen LogP contribution in [0.4, 0.5) is 0 Å². The second-order valence-electron chi connectivity index (χ2n) is 5.41. The molecule has 1 fully saturated rings. The number of esters is 1. The lowest BCUT2D eigenvalue weighted by Gasteiger charge is -2.31. The number of rotatable bonds is 3. The molecule has 5 nitrogen and oxygen atoms in total. The van der Waals surface area contributed by atoms with E-state index in [-0.39, 0.29) is 18.7 Å². The van der Waals surface area contributed by atoms with E-state index in [0.717, 1.165) is 38.0 Å². The Kier molecular flexibility index (Phi) is 4.22. The molecule has 1 saturated heterocycles. The molecule has 0 N–H and O–H groups in total. The quantitative estimate of drug-likeness (QED) is 0.803. The molecule has 3 rings (SSSR count). The Bertz CT molecular complexity index is 549. The lowest BCUT2D eigenvalue weighted by Crippen LogP contribution is -2.38. The van der Waals surface area contributed by atoms with Crippen molar-refractivity contribution in [1.82, 2.24) is 4.90 Å². The maximum Gasteiger partial charge on any atom is 0.309 e. The van der Waals surface area contributed by atoms with Crippen LogP contribution in [0.1, 0.15) is 18.4 Å². The van der Waals surface area contributed by atoms with Crippen LogP contribution >= 0.6 is 11.6 Å². The van der Waals surface area contributed by atoms with E-state index in [0.29, 0.717) is 16.5 Å². The Labute approximate surface area is 128 Å². The summed E-state index contributed by atoms with van der Waals surface area (Å²) in [4.78, 5) is 13.9. The van der Waals surface area contributed by atoms with Crippen LogP contribution in [-0.4, -0.2) is 37.9 Å². The topological polar surface area (TPSA) is 48.0 Å². The number of fused-ring (bicyclic) bond motifs is 1. The van der Waals surface area contributed by atoms with E-state index >= 15 is 0 Å². The number of likely N-dealkylation sites (tertiary alicyclic amines) is 1. The van der Waals surface area contributed by atoms with Crippen molar-refractivity contribution in [3.63, 3.8) is 0 Å². The summed E-state index contributed by atoms with van der Waals surface area (Å²) < 4.78 is 15.5. The molecule has 2 aliphatic rings. The van der Waals surface area contributed by atoms with E-state index in [4.69, 9.17) is 25.8 Å². The Hall–Kier alpha value is -1.46. The number of nitrogens with zero attached hydrogens (tertiary/aromatic N) is 1. The van der Waals surface area contributed by atoms with Gasteiger partial charge in [0.1, 0.15) is 0 Å². The van der Waals surface area contributed by atoms with Crippen molar-refractivity contribution >= 4 is 17.6 Å². The molecule has 2 heterocycles. The van der Waals surface area contributed by atoms with Crippen LogP contribution in [0.3, 0.4) is 0 Å². The Balaban J connectivity index is 1.69. The van der Waals surface area contributed by atoms with Gasteiger partial charge in [0, 0.05) is 13.1 Å². The molecule has 0 amide bonds. The minimum atomic E-state index is -0.122. The molecule has 0 aromatic heterocycles. The summed E-state index contributed by atoms with van der Waals surface area (Å²) in [5, 5.41) is 0.571. The van der Waals surface area contributed by atoms with Crippen LogP contribution < -0.4 is 9.47 Å². The van der Waals surface area contributed by atoms with Gasteiger partial charge in [-0.15, -0.1) is 0 Å². The van der Waals surface area contributed by atoms with Gasteiger partial charge in [0.15, 0.2) is 11.5 Å². The smallest absolute Gasteiger partial charge is 0.309 e. The fourth-order valence-electron chi connectivity index (χ4n) is 2.93. The van der Waals surface area contributed by atoms with E-state index in [2.05, 4.69) is 4.90 Å². The minimum Gasteiger partial charge on any atom is -0.469 e. The molecule has 114 valence electrons. The monoisotopic (exact) mass is 311 g/mol. The van der Waals surface area contributed by atoms with Gasteiger partial charge in [-0.25, -0.2) is 0 Å². The molecule has 0 spiro atoms. The van der Waals surface area contributed by atoms with Crippen molar-refractivity contribution in [2.75, 3.05) is 27.0 Å². The van der Waals surface area contributed by atoms with Crippen molar-refractivity contribution in [3.05, 3.63) is 22.7 Å². The number of halogens is 1. The summed E-state index contributed by atoms with van der Waals surface area (Å²) in [7, 11) is 1.44. The number of hydrogen-bond donors (Lipinski definition) is 0. The van der Waals surface area contributed by atoms with E-state index in [1.807, 2.05) is 12.1 Å². The van der Waals surface area contributed by atoms with Crippen molar-refractivity contribution in [2.45, 2.75) is 19.4 Å². The molecular formula is C15H18ClNO4. The summed E-state index contributed by atoms with van der Waals surface area (Å²) in [6.45, 7) is 2.65. The third-order valence-electron chi connectivity index (χ3n) is 3.93. The van der Waals surface area contributed by atoms with Gasteiger partial charge < -0.3 is 14.2 Å². The first-order valence-corrected chi connectivity index (χ1v) is 7.43. The second-order valence-corrected chi connectivity index (χ2v) is 5.82. The maximum absolute atomic E-state index is 11.7. The van der Waals surface area contributed by atoms with E-state index in [9.17, 15) is 4.79 Å². The molecule has 1 unspecified atom stereocenters. The van der Waals surface area contributed by atoms with Crippen molar-refractivity contribution in [1.29, 1.82) is 0 Å². The van der Waals surface area contributed by atoms with Crippen molar-refractivity contribution in [2.24, 2.45) is 5.92 Å². The average Bonchev–Trinajstić information content (AvgIpc) is 2.95. The zero-order valence-electron chi connectivity index (χ0n) is 11.9. The SMILES string of the molecule is COC(=O)C1CCCN(Cc2cc(Cl)c3c(c2)OCO3)C1. The van der Waals surface area contributed by atoms with Gasteiger partial charge in [0.2, 0.25) is 6.79 Å². The molecule has 6 heteroatoms. The molecule has 0 radical (unpaired) electrons. The first-order valence-electron chi connectivity index (χ1n) is 7.05. The first kappa shape index (κ1) is 14.5. The Morgan fingerprint density at radius 2 is 2.33 bits per heavy atom. The normalized spacial score (nSPS) is 21.3. The number of carbonyl (C=O) groups is 1. The number of piperidine rings is 1. The molecule has 0 bridgehead atoms. The number of carbonyl (C=O) groups excluding carboxylic acids is 1. The lowest BCUT2D eigenvalue weighted by atomic mass is 9.98. The number of hydrogen-bond acceptors (Lipinski definition) is 5. The molecule has 1 atom stereocenters. The van der Waals surface area contributed by atoms with Gasteiger partial charge in [0.05, 0.1) is 18.1 Å². The van der Waals surface area contributed by atoms with Gasteiger partial charge >= 0.3 is 5.97 Å². The predicted molar refractivity (Wildman–Crippen MR) is 77.6 cm³/mol. The van der Waals surface area contributed by atoms with Gasteiger partial charge in [-0.3, -0.25) is 9.69 Å². The summed E-state index contributed by atoms with van der Waals surface area (Å²) in [5.41, 5.74) is 1.06. The van der Waals surface area contributed by atoms with E-state index in [1.165, 1.54) is 7.11 Å². The molecular weight excluding hydrogens is 294 g/mol. The first-order chi connectivity index (χ1) is 10.2. The van der Waals surface area contributed by atoms with Gasteiger partial charge in [-0.1, -0.05) is 11.6 Å². The van der Waals surface area contributed by atoms with Crippen LogP contribution in [-0.2, 0) is 16.1 Å². The fraction of sp³-hybridized carbons (Fsp3) is 0.533. The molecule has 1 aromatic carbocycles. The molecule has 0 aliphatic carbocycles. The predicted octanol–water partition coefficient (Wildman–Crippen LogP) is 2.45. The van der Waals surface area contributed by atoms with Crippen LogP contribution in [0.15, 0.2) is 12.1 Å². The summed E-state index contributed by atoms with van der Waals surface area (Å²) in [6, 6.07) is 3.85. The highest BCUT2D eigenvalue weighted by Gasteiger charge is 2.27. The number of methoxy groups -OCH3 is 1. The van der Waals surface area contributed by atoms with Gasteiger partial charge in [-0.2, -0.15) is 0 Å². The number of benzene rings is 1. The highest BCUT2D eigenvalue weighted by molar-refractivity contribution is 6.32. The zero-order valence-corrected chi connectivity index (χ0v) is 12.7. The summed E-state index contributed by atoms with van der Waals surface area (Å²) in [6.07, 6.45) is 1.89. The van der Waals surface area contributed by atoms with E-state index < -0.39 is 0 Å². The highest BCUT2D eigenvalue weighted by atomic mass is 35.5. The van der Waals surface area contributed by atoms with Crippen LogP contribution in [0.5, 0.6) is 11.5 Å². The number of ether oxygens (including phenoxy) is 3. The highest BCUT2D eigenvalue weighted by Crippen LogP contribution is 2.40. The third kappa shape index (κ3) is 3.09. The van der Waals surface area contributed by atoms with Gasteiger partial charge in [0.25, 0.3) is 0 Å². The standard InChI is InChI=1S/C15H18ClNO4/c1-19-15(18)11-3-2-4-17(8-11)7-10-5-12(16)14-13(6-10)20-9-21-14/h5-6,11H,2-4,7-9H2,1H3. The maximum atomic E-state index is 11.7. The zero-order chi connectivity index (χ0) is 14.8. The minimum absolute atomic E-state index is 0.0340. The molecule has 2 aliphatic heterocycles. The van der Waals surface area contributed by atoms with Crippen molar-refractivity contribution < 1.29 is 19.0 Å². The Morgan fingerprint density at radius 3 is 3.14 bits per heavy atom. The largest absolute Gasteiger partial charge is 0.469 e. The van der Waals surface area contributed by atoms with Crippen LogP contribution in [0.25, 0.3) is 0 Å². The lowest BCUT2D eigenvalue weighted by molar-refractivity contribution is -0.147. The van der Waals surface area contributed by atoms with Gasteiger partial charge in [-0.05, 0) is 37.1 Å². The average molecular weight is 312 g/mol.